The second-order valence-corrected chi connectivity index (χ2v) is 14.1. The number of carbonyl (C=O) groups is 2. The number of aliphatic hydroxyl groups excluding tert-OH is 1. The topological polar surface area (TPSA) is 85.3 Å². The lowest BCUT2D eigenvalue weighted by molar-refractivity contribution is -0.150. The summed E-state index contributed by atoms with van der Waals surface area (Å²) in [5.74, 6) is -0.000646. The standard InChI is InChI=1S/C42H81NO6/c1-4-7-10-13-16-22-29-38-47-42(46)48-39-30-23-28-35-43(36-37-44)34-27-21-17-20-26-33-41(45)49-40(31-24-18-14-11-8-5-2)32-25-19-15-12-9-6-3/h16,22,40,44H,4-15,17-21,23-39H2,1-3H3. The maximum atomic E-state index is 12.7. The second kappa shape index (κ2) is 39.2. The number of rotatable bonds is 38. The average molecular weight is 696 g/mol. The predicted octanol–water partition coefficient (Wildman–Crippen LogP) is 11.9. The number of hydrogen-bond acceptors (Lipinski definition) is 7. The van der Waals surface area contributed by atoms with Crippen LogP contribution in [0.3, 0.4) is 0 Å². The Bertz CT molecular complexity index is 714. The van der Waals surface area contributed by atoms with Crippen molar-refractivity contribution in [3.8, 4) is 0 Å². The summed E-state index contributed by atoms with van der Waals surface area (Å²) in [5.41, 5.74) is 0. The van der Waals surface area contributed by atoms with Crippen molar-refractivity contribution in [2.45, 2.75) is 207 Å². The van der Waals surface area contributed by atoms with Gasteiger partial charge in [-0.3, -0.25) is 4.79 Å². The molecule has 0 heterocycles. The van der Waals surface area contributed by atoms with Crippen molar-refractivity contribution in [3.63, 3.8) is 0 Å². The molecule has 0 spiro atoms. The van der Waals surface area contributed by atoms with Gasteiger partial charge in [0.05, 0.1) is 19.8 Å². The van der Waals surface area contributed by atoms with Gasteiger partial charge in [-0.05, 0) is 90.1 Å². The lowest BCUT2D eigenvalue weighted by atomic mass is 10.0. The van der Waals surface area contributed by atoms with E-state index in [0.717, 1.165) is 90.1 Å². The zero-order chi connectivity index (χ0) is 35.9. The molecule has 0 aliphatic carbocycles. The van der Waals surface area contributed by atoms with Gasteiger partial charge in [0, 0.05) is 13.0 Å². The first-order chi connectivity index (χ1) is 24.1. The third-order valence-electron chi connectivity index (χ3n) is 9.31. The maximum Gasteiger partial charge on any atom is 0.508 e. The molecule has 0 bridgehead atoms. The van der Waals surface area contributed by atoms with Crippen molar-refractivity contribution in [2.24, 2.45) is 0 Å². The number of esters is 1. The lowest BCUT2D eigenvalue weighted by Gasteiger charge is -2.21. The third-order valence-corrected chi connectivity index (χ3v) is 9.31. The summed E-state index contributed by atoms with van der Waals surface area (Å²) < 4.78 is 16.3. The van der Waals surface area contributed by atoms with E-state index in [-0.39, 0.29) is 18.7 Å². The van der Waals surface area contributed by atoms with Gasteiger partial charge in [0.25, 0.3) is 0 Å². The van der Waals surface area contributed by atoms with Crippen LogP contribution in [-0.4, -0.2) is 67.7 Å². The fourth-order valence-electron chi connectivity index (χ4n) is 6.19. The number of ether oxygens (including phenoxy) is 3. The van der Waals surface area contributed by atoms with E-state index in [9.17, 15) is 14.7 Å². The highest BCUT2D eigenvalue weighted by Gasteiger charge is 2.14. The molecule has 0 atom stereocenters. The number of unbranched alkanes of at least 4 members (excludes halogenated alkanes) is 19. The van der Waals surface area contributed by atoms with E-state index in [1.54, 1.807) is 0 Å². The van der Waals surface area contributed by atoms with Gasteiger partial charge in [0.1, 0.15) is 6.10 Å². The van der Waals surface area contributed by atoms with Crippen molar-refractivity contribution in [3.05, 3.63) is 12.2 Å². The highest BCUT2D eigenvalue weighted by atomic mass is 16.7. The van der Waals surface area contributed by atoms with Crippen LogP contribution in [-0.2, 0) is 19.0 Å². The first-order valence-corrected chi connectivity index (χ1v) is 21.0. The number of aliphatic hydroxyl groups is 1. The lowest BCUT2D eigenvalue weighted by Crippen LogP contribution is -2.29. The quantitative estimate of drug-likeness (QED) is 0.0391. The van der Waals surface area contributed by atoms with Crippen molar-refractivity contribution in [2.75, 3.05) is 39.5 Å². The monoisotopic (exact) mass is 696 g/mol. The van der Waals surface area contributed by atoms with Crippen molar-refractivity contribution in [1.82, 2.24) is 4.90 Å². The SMILES string of the molecule is CCCCCC=CCCOC(=O)OCCCCCN(CCO)CCCCCCCC(=O)OC(CCCCCCCC)CCCCCCCC. The molecule has 0 saturated carbocycles. The van der Waals surface area contributed by atoms with Crippen molar-refractivity contribution in [1.29, 1.82) is 0 Å². The van der Waals surface area contributed by atoms with Crippen LogP contribution in [0.2, 0.25) is 0 Å². The summed E-state index contributed by atoms with van der Waals surface area (Å²) in [6.07, 6.45) is 35.3. The Balaban J connectivity index is 3.99. The van der Waals surface area contributed by atoms with Crippen LogP contribution in [0.15, 0.2) is 12.2 Å². The molecule has 1 N–H and O–H groups in total. The zero-order valence-electron chi connectivity index (χ0n) is 32.7. The van der Waals surface area contributed by atoms with Gasteiger partial charge >= 0.3 is 12.1 Å². The van der Waals surface area contributed by atoms with Crippen molar-refractivity contribution >= 4 is 12.1 Å². The Morgan fingerprint density at radius 1 is 0.551 bits per heavy atom. The predicted molar refractivity (Wildman–Crippen MR) is 206 cm³/mol. The summed E-state index contributed by atoms with van der Waals surface area (Å²) in [7, 11) is 0. The minimum atomic E-state index is -0.575. The first-order valence-electron chi connectivity index (χ1n) is 21.0. The number of nitrogens with zero attached hydrogens (tertiary/aromatic N) is 1. The summed E-state index contributed by atoms with van der Waals surface area (Å²) >= 11 is 0. The highest BCUT2D eigenvalue weighted by molar-refractivity contribution is 5.69. The highest BCUT2D eigenvalue weighted by Crippen LogP contribution is 2.18. The van der Waals surface area contributed by atoms with E-state index in [1.165, 1.54) is 96.3 Å². The zero-order valence-corrected chi connectivity index (χ0v) is 32.7. The molecule has 49 heavy (non-hydrogen) atoms. The minimum absolute atomic E-state index is 0.000646. The van der Waals surface area contributed by atoms with Gasteiger partial charge in [-0.15, -0.1) is 0 Å². The second-order valence-electron chi connectivity index (χ2n) is 14.1. The van der Waals surface area contributed by atoms with E-state index in [1.807, 2.05) is 0 Å². The van der Waals surface area contributed by atoms with Gasteiger partial charge in [-0.1, -0.05) is 129 Å². The Morgan fingerprint density at radius 3 is 1.65 bits per heavy atom. The van der Waals surface area contributed by atoms with E-state index >= 15 is 0 Å². The smallest absolute Gasteiger partial charge is 0.462 e. The first kappa shape index (κ1) is 47.4. The van der Waals surface area contributed by atoms with Crippen LogP contribution in [0, 0.1) is 0 Å². The van der Waals surface area contributed by atoms with Gasteiger partial charge in [0.2, 0.25) is 0 Å². The summed E-state index contributed by atoms with van der Waals surface area (Å²) in [4.78, 5) is 26.7. The normalized spacial score (nSPS) is 11.6. The molecule has 0 aliphatic heterocycles. The molecular formula is C42H81NO6. The van der Waals surface area contributed by atoms with Crippen molar-refractivity contribution < 1.29 is 28.9 Å². The molecule has 0 unspecified atom stereocenters. The van der Waals surface area contributed by atoms with Crippen LogP contribution in [0.4, 0.5) is 4.79 Å². The molecule has 7 heteroatoms. The van der Waals surface area contributed by atoms with Crippen LogP contribution in [0.5, 0.6) is 0 Å². The largest absolute Gasteiger partial charge is 0.508 e. The van der Waals surface area contributed by atoms with E-state index in [2.05, 4.69) is 37.8 Å². The molecule has 0 radical (unpaired) electrons. The summed E-state index contributed by atoms with van der Waals surface area (Å²) in [6, 6.07) is 0. The maximum absolute atomic E-state index is 12.7. The Labute approximate surface area is 303 Å². The molecule has 0 aromatic heterocycles. The van der Waals surface area contributed by atoms with Gasteiger partial charge in [-0.25, -0.2) is 4.79 Å². The van der Waals surface area contributed by atoms with Gasteiger partial charge in [0.15, 0.2) is 0 Å². The van der Waals surface area contributed by atoms with E-state index in [4.69, 9.17) is 14.2 Å². The number of allylic oxidation sites excluding steroid dienone is 1. The molecule has 290 valence electrons. The molecule has 0 saturated heterocycles. The van der Waals surface area contributed by atoms with Crippen LogP contribution >= 0.6 is 0 Å². The van der Waals surface area contributed by atoms with Crippen LogP contribution < -0.4 is 0 Å². The van der Waals surface area contributed by atoms with Gasteiger partial charge < -0.3 is 24.2 Å². The van der Waals surface area contributed by atoms with Crippen LogP contribution in [0.25, 0.3) is 0 Å². The number of carbonyl (C=O) groups excluding carboxylic acids is 2. The molecular weight excluding hydrogens is 614 g/mol. The molecule has 0 aromatic rings. The molecule has 0 aromatic carbocycles. The third kappa shape index (κ3) is 36.0. The van der Waals surface area contributed by atoms with E-state index < -0.39 is 6.16 Å². The molecule has 0 fully saturated rings. The Kier molecular flexibility index (Phi) is 37.9. The van der Waals surface area contributed by atoms with E-state index in [0.29, 0.717) is 26.2 Å². The molecule has 0 rings (SSSR count). The summed E-state index contributed by atoms with van der Waals surface area (Å²) in [5, 5.41) is 9.50. The van der Waals surface area contributed by atoms with Crippen LogP contribution in [0.1, 0.15) is 201 Å². The molecule has 0 aliphatic rings. The fraction of sp³-hybridized carbons (Fsp3) is 0.905. The molecule has 7 nitrogen and oxygen atoms in total. The Hall–Kier alpha value is -1.60. The van der Waals surface area contributed by atoms with Gasteiger partial charge in [-0.2, -0.15) is 0 Å². The fourth-order valence-corrected chi connectivity index (χ4v) is 6.19. The number of hydrogen-bond donors (Lipinski definition) is 1. The summed E-state index contributed by atoms with van der Waals surface area (Å²) in [6.45, 7) is 10.3. The average Bonchev–Trinajstić information content (AvgIpc) is 3.09. The molecule has 0 amide bonds. The minimum Gasteiger partial charge on any atom is -0.462 e. The Morgan fingerprint density at radius 2 is 1.04 bits per heavy atom.